The summed E-state index contributed by atoms with van der Waals surface area (Å²) >= 11 is 0. The molecular weight excluding hydrogens is 455 g/mol. The molecule has 4 heterocycles. The molecule has 0 unspecified atom stereocenters. The quantitative estimate of drug-likeness (QED) is 0.514. The summed E-state index contributed by atoms with van der Waals surface area (Å²) in [5.74, 6) is 1.71. The van der Waals surface area contributed by atoms with Crippen molar-refractivity contribution in [1.29, 1.82) is 0 Å². The van der Waals surface area contributed by atoms with Gasteiger partial charge in [0.25, 0.3) is 0 Å². The van der Waals surface area contributed by atoms with Crippen molar-refractivity contribution in [2.75, 3.05) is 54.0 Å². The summed E-state index contributed by atoms with van der Waals surface area (Å²) in [6.45, 7) is 5.29. The molecule has 7 nitrogen and oxygen atoms in total. The fourth-order valence-corrected chi connectivity index (χ4v) is 4.28. The van der Waals surface area contributed by atoms with Crippen LogP contribution in [0.1, 0.15) is 17.5 Å². The number of pyridine rings is 1. The Bertz CT molecular complexity index is 1200. The monoisotopic (exact) mass is 481 g/mol. The first kappa shape index (κ1) is 23.1. The summed E-state index contributed by atoms with van der Waals surface area (Å²) in [5, 5.41) is 0. The van der Waals surface area contributed by atoms with Crippen LogP contribution in [0.5, 0.6) is 0 Å². The molecule has 0 amide bonds. The number of halogens is 3. The Morgan fingerprint density at radius 1 is 0.771 bits per heavy atom. The van der Waals surface area contributed by atoms with Crippen LogP contribution in [0.15, 0.2) is 54.7 Å². The number of aromatic nitrogens is 4. The highest BCUT2D eigenvalue weighted by molar-refractivity contribution is 5.59. The summed E-state index contributed by atoms with van der Waals surface area (Å²) in [5.41, 5.74) is 1.33. The second-order valence-corrected chi connectivity index (χ2v) is 8.68. The molecule has 0 atom stereocenters. The number of hydrogen-bond donors (Lipinski definition) is 0. The lowest BCUT2D eigenvalue weighted by atomic mass is 10.1. The molecule has 182 valence electrons. The van der Waals surface area contributed by atoms with E-state index in [1.807, 2.05) is 36.1 Å². The van der Waals surface area contributed by atoms with Gasteiger partial charge < -0.3 is 14.7 Å². The number of alkyl halides is 3. The molecule has 0 N–H and O–H groups in total. The van der Waals surface area contributed by atoms with E-state index in [9.17, 15) is 13.2 Å². The van der Waals surface area contributed by atoms with Crippen molar-refractivity contribution >= 4 is 17.7 Å². The lowest BCUT2D eigenvalue weighted by Crippen LogP contribution is -2.48. The second kappa shape index (κ2) is 9.52. The molecule has 0 saturated carbocycles. The van der Waals surface area contributed by atoms with Crippen molar-refractivity contribution < 1.29 is 13.2 Å². The van der Waals surface area contributed by atoms with Gasteiger partial charge in [0.15, 0.2) is 5.82 Å². The van der Waals surface area contributed by atoms with Crippen molar-refractivity contribution in [3.63, 3.8) is 0 Å². The van der Waals surface area contributed by atoms with E-state index >= 15 is 0 Å². The predicted octanol–water partition coefficient (Wildman–Crippen LogP) is 4.35. The van der Waals surface area contributed by atoms with Gasteiger partial charge in [-0.1, -0.05) is 42.0 Å². The Balaban J connectivity index is 1.41. The van der Waals surface area contributed by atoms with Gasteiger partial charge in [0.1, 0.15) is 5.82 Å². The SMILES string of the molecule is Cc1ccc(-c2nc(N3CC=CCC3)nc(N3CCN(c4ncccc4C(F)(F)F)CC3)n2)cc1. The molecule has 2 aliphatic rings. The number of rotatable bonds is 4. The molecule has 1 saturated heterocycles. The smallest absolute Gasteiger partial charge is 0.353 e. The van der Waals surface area contributed by atoms with E-state index in [0.29, 0.717) is 43.9 Å². The molecule has 2 aromatic heterocycles. The van der Waals surface area contributed by atoms with Crippen LogP contribution < -0.4 is 14.7 Å². The van der Waals surface area contributed by atoms with Crippen molar-refractivity contribution in [1.82, 2.24) is 19.9 Å². The van der Waals surface area contributed by atoms with E-state index in [1.165, 1.54) is 12.3 Å². The Morgan fingerprint density at radius 2 is 1.46 bits per heavy atom. The first-order valence-electron chi connectivity index (χ1n) is 11.6. The minimum Gasteiger partial charge on any atom is -0.353 e. The van der Waals surface area contributed by atoms with Gasteiger partial charge in [-0.15, -0.1) is 0 Å². The zero-order chi connectivity index (χ0) is 24.4. The Morgan fingerprint density at radius 3 is 2.11 bits per heavy atom. The van der Waals surface area contributed by atoms with E-state index in [-0.39, 0.29) is 5.82 Å². The molecule has 0 radical (unpaired) electrons. The third kappa shape index (κ3) is 5.06. The molecular formula is C25H26F3N7. The number of nitrogens with zero attached hydrogens (tertiary/aromatic N) is 7. The largest absolute Gasteiger partial charge is 0.419 e. The zero-order valence-electron chi connectivity index (χ0n) is 19.4. The summed E-state index contributed by atoms with van der Waals surface area (Å²) in [6.07, 6.45) is 2.12. The van der Waals surface area contributed by atoms with Crippen molar-refractivity contribution in [3.8, 4) is 11.4 Å². The standard InChI is InChI=1S/C25H26F3N7/c1-18-7-9-19(10-8-18)21-30-23(34-12-3-2-4-13-34)32-24(31-21)35-16-14-33(15-17-35)22-20(25(26,27)28)6-5-11-29-22/h2-3,5-11H,4,12-17H2,1H3. The normalized spacial score (nSPS) is 16.6. The average molecular weight is 482 g/mol. The van der Waals surface area contributed by atoms with E-state index in [4.69, 9.17) is 15.0 Å². The van der Waals surface area contributed by atoms with Crippen molar-refractivity contribution in [2.45, 2.75) is 19.5 Å². The van der Waals surface area contributed by atoms with Gasteiger partial charge in [-0.25, -0.2) is 4.98 Å². The highest BCUT2D eigenvalue weighted by Gasteiger charge is 2.36. The van der Waals surface area contributed by atoms with Gasteiger partial charge in [0, 0.05) is 51.0 Å². The maximum Gasteiger partial charge on any atom is 0.419 e. The molecule has 0 spiro atoms. The van der Waals surface area contributed by atoms with Crippen LogP contribution >= 0.6 is 0 Å². The molecule has 0 aliphatic carbocycles. The van der Waals surface area contributed by atoms with Crippen LogP contribution in [0, 0.1) is 6.92 Å². The van der Waals surface area contributed by atoms with E-state index in [2.05, 4.69) is 22.0 Å². The summed E-state index contributed by atoms with van der Waals surface area (Å²) in [4.78, 5) is 24.1. The highest BCUT2D eigenvalue weighted by Crippen LogP contribution is 2.35. The van der Waals surface area contributed by atoms with Gasteiger partial charge in [-0.3, -0.25) is 0 Å². The third-order valence-corrected chi connectivity index (χ3v) is 6.22. The lowest BCUT2D eigenvalue weighted by molar-refractivity contribution is -0.137. The molecule has 10 heteroatoms. The van der Waals surface area contributed by atoms with Crippen molar-refractivity contribution in [2.24, 2.45) is 0 Å². The van der Waals surface area contributed by atoms with Crippen LogP contribution in [-0.2, 0) is 6.18 Å². The Kier molecular flexibility index (Phi) is 6.27. The maximum atomic E-state index is 13.5. The molecule has 2 aliphatic heterocycles. The maximum absolute atomic E-state index is 13.5. The zero-order valence-corrected chi connectivity index (χ0v) is 19.4. The predicted molar refractivity (Wildman–Crippen MR) is 130 cm³/mol. The molecule has 1 aromatic carbocycles. The molecule has 5 rings (SSSR count). The summed E-state index contributed by atoms with van der Waals surface area (Å²) < 4.78 is 40.4. The topological polar surface area (TPSA) is 61.3 Å². The average Bonchev–Trinajstić information content (AvgIpc) is 2.89. The van der Waals surface area contributed by atoms with Gasteiger partial charge in [0.05, 0.1) is 5.56 Å². The molecule has 35 heavy (non-hydrogen) atoms. The fourth-order valence-electron chi connectivity index (χ4n) is 4.28. The van der Waals surface area contributed by atoms with Crippen LogP contribution in [0.2, 0.25) is 0 Å². The van der Waals surface area contributed by atoms with Crippen LogP contribution in [0.25, 0.3) is 11.4 Å². The van der Waals surface area contributed by atoms with Crippen molar-refractivity contribution in [3.05, 3.63) is 65.9 Å². The van der Waals surface area contributed by atoms with E-state index < -0.39 is 11.7 Å². The Labute approximate surface area is 202 Å². The summed E-state index contributed by atoms with van der Waals surface area (Å²) in [6, 6.07) is 10.4. The number of hydrogen-bond acceptors (Lipinski definition) is 7. The van der Waals surface area contributed by atoms with Gasteiger partial charge in [-0.2, -0.15) is 28.1 Å². The van der Waals surface area contributed by atoms with Crippen LogP contribution in [-0.4, -0.2) is 59.2 Å². The first-order chi connectivity index (χ1) is 16.9. The van der Waals surface area contributed by atoms with Gasteiger partial charge in [0.2, 0.25) is 11.9 Å². The number of aryl methyl sites for hydroxylation is 1. The Hall–Kier alpha value is -3.69. The number of benzene rings is 1. The second-order valence-electron chi connectivity index (χ2n) is 8.68. The van der Waals surface area contributed by atoms with Crippen LogP contribution in [0.4, 0.5) is 30.9 Å². The molecule has 1 fully saturated rings. The third-order valence-electron chi connectivity index (χ3n) is 6.22. The van der Waals surface area contributed by atoms with E-state index in [0.717, 1.165) is 36.7 Å². The number of piperazine rings is 1. The van der Waals surface area contributed by atoms with Gasteiger partial charge >= 0.3 is 6.18 Å². The van der Waals surface area contributed by atoms with Gasteiger partial charge in [-0.05, 0) is 25.5 Å². The lowest BCUT2D eigenvalue weighted by Gasteiger charge is -2.36. The molecule has 3 aromatic rings. The molecule has 0 bridgehead atoms. The van der Waals surface area contributed by atoms with Crippen LogP contribution in [0.3, 0.4) is 0 Å². The first-order valence-corrected chi connectivity index (χ1v) is 11.6. The fraction of sp³-hybridized carbons (Fsp3) is 0.360. The minimum absolute atomic E-state index is 0.0311. The number of anilines is 3. The highest BCUT2D eigenvalue weighted by atomic mass is 19.4. The van der Waals surface area contributed by atoms with E-state index in [1.54, 1.807) is 4.90 Å². The minimum atomic E-state index is -4.45. The summed E-state index contributed by atoms with van der Waals surface area (Å²) in [7, 11) is 0.